The van der Waals surface area contributed by atoms with Crippen molar-refractivity contribution in [1.29, 1.82) is 0 Å². The van der Waals surface area contributed by atoms with Gasteiger partial charge < -0.3 is 10.1 Å². The smallest absolute Gasteiger partial charge is 0.251 e. The fraction of sp³-hybridized carbons (Fsp3) is 0.278. The Kier molecular flexibility index (Phi) is 3.96. The molecule has 6 nitrogen and oxygen atoms in total. The number of rotatable bonds is 4. The summed E-state index contributed by atoms with van der Waals surface area (Å²) in [5, 5.41) is 8.38. The molecule has 1 aromatic carbocycles. The minimum absolute atomic E-state index is 0.0819. The second kappa shape index (κ2) is 6.41. The Bertz CT molecular complexity index is 854. The van der Waals surface area contributed by atoms with Gasteiger partial charge in [0.1, 0.15) is 0 Å². The predicted molar refractivity (Wildman–Crippen MR) is 90.2 cm³/mol. The second-order valence-corrected chi connectivity index (χ2v) is 5.90. The number of nitrogens with zero attached hydrogens (tertiary/aromatic N) is 3. The van der Waals surface area contributed by atoms with E-state index in [0.29, 0.717) is 12.1 Å². The van der Waals surface area contributed by atoms with Crippen LogP contribution in [0.2, 0.25) is 0 Å². The maximum atomic E-state index is 12.3. The summed E-state index contributed by atoms with van der Waals surface area (Å²) < 4.78 is 7.30. The van der Waals surface area contributed by atoms with Crippen LogP contribution >= 0.6 is 0 Å². The summed E-state index contributed by atoms with van der Waals surface area (Å²) in [6.45, 7) is 1.35. The Morgan fingerprint density at radius 2 is 2.33 bits per heavy atom. The summed E-state index contributed by atoms with van der Waals surface area (Å²) in [6, 6.07) is 9.33. The number of aromatic nitrogens is 3. The predicted octanol–water partition coefficient (Wildman–Crippen LogP) is 2.33. The van der Waals surface area contributed by atoms with Gasteiger partial charge in [-0.3, -0.25) is 9.78 Å². The number of benzene rings is 1. The van der Waals surface area contributed by atoms with Crippen molar-refractivity contribution in [1.82, 2.24) is 20.1 Å². The monoisotopic (exact) mass is 322 g/mol. The molecular formula is C18H18N4O2. The Morgan fingerprint density at radius 3 is 3.12 bits per heavy atom. The third-order valence-electron chi connectivity index (χ3n) is 4.19. The molecule has 0 aliphatic carbocycles. The minimum Gasteiger partial charge on any atom is -0.376 e. The molecule has 6 heteroatoms. The van der Waals surface area contributed by atoms with Crippen LogP contribution in [0.1, 0.15) is 23.2 Å². The summed E-state index contributed by atoms with van der Waals surface area (Å²) >= 11 is 0. The molecule has 3 heterocycles. The zero-order valence-electron chi connectivity index (χ0n) is 13.2. The summed E-state index contributed by atoms with van der Waals surface area (Å²) in [4.78, 5) is 16.4. The van der Waals surface area contributed by atoms with Crippen LogP contribution in [0.5, 0.6) is 0 Å². The van der Waals surface area contributed by atoms with E-state index in [0.717, 1.165) is 36.0 Å². The first-order chi connectivity index (χ1) is 11.8. The van der Waals surface area contributed by atoms with Crippen LogP contribution in [0.15, 0.2) is 48.9 Å². The number of ether oxygens (including phenoxy) is 1. The van der Waals surface area contributed by atoms with Crippen LogP contribution in [-0.4, -0.2) is 39.9 Å². The molecule has 0 spiro atoms. The molecule has 1 fully saturated rings. The molecule has 1 unspecified atom stereocenters. The van der Waals surface area contributed by atoms with E-state index in [1.807, 2.05) is 30.5 Å². The standard InChI is InChI=1S/C18H18N4O2/c23-18(20-11-16-4-2-8-24-16)13-5-6-17-14(9-13)12-22(21-17)15-3-1-7-19-10-15/h1,3,5-7,9-10,12,16H,2,4,8,11H2,(H,20,23). The van der Waals surface area contributed by atoms with Crippen LogP contribution < -0.4 is 5.32 Å². The lowest BCUT2D eigenvalue weighted by Crippen LogP contribution is -2.31. The lowest BCUT2D eigenvalue weighted by atomic mass is 10.1. The van der Waals surface area contributed by atoms with E-state index in [-0.39, 0.29) is 12.0 Å². The molecule has 3 aromatic rings. The van der Waals surface area contributed by atoms with Crippen molar-refractivity contribution in [3.8, 4) is 5.69 Å². The van der Waals surface area contributed by atoms with Crippen molar-refractivity contribution in [2.24, 2.45) is 0 Å². The molecule has 122 valence electrons. The van der Waals surface area contributed by atoms with Gasteiger partial charge in [-0.05, 0) is 43.2 Å². The number of pyridine rings is 1. The molecule has 0 saturated carbocycles. The number of carbonyl (C=O) groups is 1. The first kappa shape index (κ1) is 14.8. The third-order valence-corrected chi connectivity index (χ3v) is 4.19. The molecule has 1 atom stereocenters. The Labute approximate surface area is 139 Å². The highest BCUT2D eigenvalue weighted by Gasteiger charge is 2.17. The summed E-state index contributed by atoms with van der Waals surface area (Å²) in [7, 11) is 0. The SMILES string of the molecule is O=C(NCC1CCCO1)c1ccc2nn(-c3cccnc3)cc2c1. The van der Waals surface area contributed by atoms with E-state index in [1.54, 1.807) is 23.1 Å². The normalized spacial score (nSPS) is 17.2. The van der Waals surface area contributed by atoms with E-state index >= 15 is 0 Å². The van der Waals surface area contributed by atoms with Gasteiger partial charge in [0.15, 0.2) is 0 Å². The molecule has 2 aromatic heterocycles. The summed E-state index contributed by atoms with van der Waals surface area (Å²) in [5.41, 5.74) is 2.36. The first-order valence-electron chi connectivity index (χ1n) is 8.09. The van der Waals surface area contributed by atoms with E-state index in [9.17, 15) is 4.79 Å². The maximum absolute atomic E-state index is 12.3. The van der Waals surface area contributed by atoms with Crippen molar-refractivity contribution in [2.75, 3.05) is 13.2 Å². The molecule has 1 N–H and O–H groups in total. The Morgan fingerprint density at radius 1 is 1.38 bits per heavy atom. The molecule has 1 saturated heterocycles. The lowest BCUT2D eigenvalue weighted by molar-refractivity contribution is 0.0858. The highest BCUT2D eigenvalue weighted by Crippen LogP contribution is 2.17. The summed E-state index contributed by atoms with van der Waals surface area (Å²) in [6.07, 6.45) is 7.61. The zero-order valence-corrected chi connectivity index (χ0v) is 13.2. The summed E-state index contributed by atoms with van der Waals surface area (Å²) in [5.74, 6) is -0.0819. The van der Waals surface area contributed by atoms with Crippen molar-refractivity contribution < 1.29 is 9.53 Å². The van der Waals surface area contributed by atoms with E-state index in [4.69, 9.17) is 4.74 Å². The van der Waals surface area contributed by atoms with Gasteiger partial charge in [0, 0.05) is 36.5 Å². The van der Waals surface area contributed by atoms with Gasteiger partial charge in [-0.1, -0.05) is 0 Å². The number of fused-ring (bicyclic) bond motifs is 1. The first-order valence-corrected chi connectivity index (χ1v) is 8.09. The molecule has 1 aliphatic rings. The fourth-order valence-corrected chi connectivity index (χ4v) is 2.90. The van der Waals surface area contributed by atoms with Gasteiger partial charge in [-0.15, -0.1) is 0 Å². The molecule has 0 radical (unpaired) electrons. The number of amides is 1. The van der Waals surface area contributed by atoms with E-state index < -0.39 is 0 Å². The van der Waals surface area contributed by atoms with Crippen LogP contribution in [0.3, 0.4) is 0 Å². The Hall–Kier alpha value is -2.73. The molecular weight excluding hydrogens is 304 g/mol. The van der Waals surface area contributed by atoms with Gasteiger partial charge in [-0.2, -0.15) is 5.10 Å². The number of carbonyl (C=O) groups excluding carboxylic acids is 1. The molecule has 1 aliphatic heterocycles. The average molecular weight is 322 g/mol. The van der Waals surface area contributed by atoms with Crippen molar-refractivity contribution in [3.05, 3.63) is 54.5 Å². The molecule has 1 amide bonds. The van der Waals surface area contributed by atoms with Crippen molar-refractivity contribution in [3.63, 3.8) is 0 Å². The van der Waals surface area contributed by atoms with Gasteiger partial charge in [0.2, 0.25) is 0 Å². The fourth-order valence-electron chi connectivity index (χ4n) is 2.90. The van der Waals surface area contributed by atoms with Crippen LogP contribution in [0.4, 0.5) is 0 Å². The van der Waals surface area contributed by atoms with Gasteiger partial charge in [-0.25, -0.2) is 4.68 Å². The average Bonchev–Trinajstić information content (AvgIpc) is 3.29. The van der Waals surface area contributed by atoms with Gasteiger partial charge in [0.25, 0.3) is 5.91 Å². The van der Waals surface area contributed by atoms with Crippen LogP contribution in [0, 0.1) is 0 Å². The van der Waals surface area contributed by atoms with E-state index in [1.165, 1.54) is 0 Å². The zero-order chi connectivity index (χ0) is 16.4. The molecule has 24 heavy (non-hydrogen) atoms. The quantitative estimate of drug-likeness (QED) is 0.800. The van der Waals surface area contributed by atoms with Gasteiger partial charge in [0.05, 0.1) is 23.5 Å². The largest absolute Gasteiger partial charge is 0.376 e. The highest BCUT2D eigenvalue weighted by atomic mass is 16.5. The highest BCUT2D eigenvalue weighted by molar-refractivity contribution is 5.97. The van der Waals surface area contributed by atoms with E-state index in [2.05, 4.69) is 15.4 Å². The second-order valence-electron chi connectivity index (χ2n) is 5.90. The Balaban J connectivity index is 1.53. The topological polar surface area (TPSA) is 69.0 Å². The van der Waals surface area contributed by atoms with Crippen molar-refractivity contribution >= 4 is 16.8 Å². The third kappa shape index (κ3) is 3.00. The minimum atomic E-state index is -0.0819. The van der Waals surface area contributed by atoms with Crippen molar-refractivity contribution in [2.45, 2.75) is 18.9 Å². The van der Waals surface area contributed by atoms with Crippen LogP contribution in [0.25, 0.3) is 16.6 Å². The number of hydrogen-bond acceptors (Lipinski definition) is 4. The molecule has 0 bridgehead atoms. The number of hydrogen-bond donors (Lipinski definition) is 1. The van der Waals surface area contributed by atoms with Crippen LogP contribution in [-0.2, 0) is 4.74 Å². The lowest BCUT2D eigenvalue weighted by Gasteiger charge is -2.10. The van der Waals surface area contributed by atoms with Gasteiger partial charge >= 0.3 is 0 Å². The number of nitrogens with one attached hydrogen (secondary N) is 1. The molecule has 4 rings (SSSR count). The maximum Gasteiger partial charge on any atom is 0.251 e.